The lowest BCUT2D eigenvalue weighted by molar-refractivity contribution is 0.376. The van der Waals surface area contributed by atoms with E-state index in [9.17, 15) is 0 Å². The maximum absolute atomic E-state index is 6.13. The molecule has 1 aliphatic heterocycles. The highest BCUT2D eigenvalue weighted by Crippen LogP contribution is 2.37. The van der Waals surface area contributed by atoms with Gasteiger partial charge in [-0.3, -0.25) is 5.10 Å². The smallest absolute Gasteiger partial charge is 0.245 e. The molecule has 3 heterocycles. The van der Waals surface area contributed by atoms with Crippen molar-refractivity contribution in [1.82, 2.24) is 15.2 Å². The Morgan fingerprint density at radius 1 is 1.50 bits per heavy atom. The first kappa shape index (κ1) is 14.1. The molecule has 5 nitrogen and oxygen atoms in total. The number of hydrogen-bond donors (Lipinski definition) is 2. The number of halogens is 2. The molecule has 8 heteroatoms. The average Bonchev–Trinajstić information content (AvgIpc) is 2.99. The number of anilines is 1. The van der Waals surface area contributed by atoms with Gasteiger partial charge in [0.05, 0.1) is 4.34 Å². The van der Waals surface area contributed by atoms with Crippen LogP contribution in [0.25, 0.3) is 11.4 Å². The number of hydrogen-bond acceptors (Lipinski definition) is 5. The minimum Gasteiger partial charge on any atom is -0.338 e. The summed E-state index contributed by atoms with van der Waals surface area (Å²) in [5.41, 5.74) is 6.89. The highest BCUT2D eigenvalue weighted by molar-refractivity contribution is 7.20. The van der Waals surface area contributed by atoms with Crippen molar-refractivity contribution in [3.63, 3.8) is 0 Å². The molecular formula is C12H15Cl2N5S. The molecule has 0 amide bonds. The SMILES string of the molecule is CC1CCN(c2n[nH]c(-c3cc(Cl)sc3Cl)n2)CC1N. The van der Waals surface area contributed by atoms with Crippen LogP contribution in [-0.2, 0) is 0 Å². The predicted molar refractivity (Wildman–Crippen MR) is 83.7 cm³/mol. The maximum atomic E-state index is 6.13. The average molecular weight is 332 g/mol. The van der Waals surface area contributed by atoms with E-state index in [0.717, 1.165) is 25.1 Å². The van der Waals surface area contributed by atoms with Gasteiger partial charge in [0.15, 0.2) is 5.82 Å². The Morgan fingerprint density at radius 3 is 2.95 bits per heavy atom. The van der Waals surface area contributed by atoms with Crippen LogP contribution < -0.4 is 10.6 Å². The monoisotopic (exact) mass is 331 g/mol. The Morgan fingerprint density at radius 2 is 2.30 bits per heavy atom. The first-order valence-corrected chi connectivity index (χ1v) is 8.00. The van der Waals surface area contributed by atoms with E-state index in [4.69, 9.17) is 28.9 Å². The van der Waals surface area contributed by atoms with E-state index < -0.39 is 0 Å². The van der Waals surface area contributed by atoms with Crippen LogP contribution in [-0.4, -0.2) is 34.3 Å². The van der Waals surface area contributed by atoms with Gasteiger partial charge in [0, 0.05) is 24.7 Å². The first-order valence-electron chi connectivity index (χ1n) is 6.42. The third-order valence-electron chi connectivity index (χ3n) is 3.68. The predicted octanol–water partition coefficient (Wildman–Crippen LogP) is 3.01. The number of H-pyrrole nitrogens is 1. The van der Waals surface area contributed by atoms with Gasteiger partial charge in [0.1, 0.15) is 4.34 Å². The van der Waals surface area contributed by atoms with Crippen molar-refractivity contribution < 1.29 is 0 Å². The summed E-state index contributed by atoms with van der Waals surface area (Å²) in [7, 11) is 0. The quantitative estimate of drug-likeness (QED) is 0.887. The number of aromatic amines is 1. The number of nitrogens with zero attached hydrogens (tertiary/aromatic N) is 3. The minimum absolute atomic E-state index is 0.157. The van der Waals surface area contributed by atoms with Crippen LogP contribution in [0, 0.1) is 5.92 Å². The van der Waals surface area contributed by atoms with E-state index in [2.05, 4.69) is 27.0 Å². The molecule has 0 radical (unpaired) electrons. The molecule has 2 atom stereocenters. The van der Waals surface area contributed by atoms with Crippen molar-refractivity contribution in [2.75, 3.05) is 18.0 Å². The van der Waals surface area contributed by atoms with Crippen molar-refractivity contribution in [2.24, 2.45) is 11.7 Å². The van der Waals surface area contributed by atoms with Crippen molar-refractivity contribution in [3.8, 4) is 11.4 Å². The summed E-state index contributed by atoms with van der Waals surface area (Å²) in [6.07, 6.45) is 1.05. The van der Waals surface area contributed by atoms with Crippen LogP contribution in [0.1, 0.15) is 13.3 Å². The standard InChI is InChI=1S/C12H15Cl2N5S/c1-6-2-3-19(5-8(6)15)12-16-11(17-18-12)7-4-9(13)20-10(7)14/h4,6,8H,2-3,5,15H2,1H3,(H,16,17,18). The maximum Gasteiger partial charge on any atom is 0.245 e. The minimum atomic E-state index is 0.157. The van der Waals surface area contributed by atoms with Crippen molar-refractivity contribution in [2.45, 2.75) is 19.4 Å². The Labute approximate surface area is 131 Å². The Balaban J connectivity index is 1.82. The molecule has 3 rings (SSSR count). The fraction of sp³-hybridized carbons (Fsp3) is 0.500. The first-order chi connectivity index (χ1) is 9.54. The molecule has 0 aliphatic carbocycles. The van der Waals surface area contributed by atoms with E-state index in [0.29, 0.717) is 26.4 Å². The molecule has 0 spiro atoms. The second kappa shape index (κ2) is 5.52. The summed E-state index contributed by atoms with van der Waals surface area (Å²) >= 11 is 13.4. The molecule has 2 unspecified atom stereocenters. The van der Waals surface area contributed by atoms with Gasteiger partial charge in [-0.2, -0.15) is 4.98 Å². The third-order valence-corrected chi connectivity index (χ3v) is 5.17. The fourth-order valence-electron chi connectivity index (χ4n) is 2.30. The highest BCUT2D eigenvalue weighted by atomic mass is 35.5. The van der Waals surface area contributed by atoms with E-state index in [1.54, 1.807) is 6.07 Å². The van der Waals surface area contributed by atoms with Gasteiger partial charge in [0.2, 0.25) is 5.95 Å². The molecule has 3 N–H and O–H groups in total. The summed E-state index contributed by atoms with van der Waals surface area (Å²) in [5, 5.41) is 7.18. The van der Waals surface area contributed by atoms with Crippen LogP contribution in [0.2, 0.25) is 8.67 Å². The molecule has 20 heavy (non-hydrogen) atoms. The summed E-state index contributed by atoms with van der Waals surface area (Å²) in [4.78, 5) is 6.61. The lowest BCUT2D eigenvalue weighted by Gasteiger charge is -2.34. The van der Waals surface area contributed by atoms with Crippen molar-refractivity contribution >= 4 is 40.5 Å². The Kier molecular flexibility index (Phi) is 3.90. The summed E-state index contributed by atoms with van der Waals surface area (Å²) in [5.74, 6) is 1.84. The molecule has 1 aliphatic rings. The van der Waals surface area contributed by atoms with Gasteiger partial charge in [-0.1, -0.05) is 30.1 Å². The number of nitrogens with two attached hydrogens (primary N) is 1. The second-order valence-electron chi connectivity index (χ2n) is 5.10. The molecule has 1 saturated heterocycles. The summed E-state index contributed by atoms with van der Waals surface area (Å²) in [6, 6.07) is 1.95. The topological polar surface area (TPSA) is 70.8 Å². The lowest BCUT2D eigenvalue weighted by atomic mass is 9.95. The number of rotatable bonds is 2. The molecule has 2 aromatic rings. The van der Waals surface area contributed by atoms with Crippen LogP contribution in [0.5, 0.6) is 0 Å². The van der Waals surface area contributed by atoms with Gasteiger partial charge < -0.3 is 10.6 Å². The van der Waals surface area contributed by atoms with Crippen LogP contribution in [0.3, 0.4) is 0 Å². The summed E-state index contributed by atoms with van der Waals surface area (Å²) < 4.78 is 1.25. The zero-order valence-corrected chi connectivity index (χ0v) is 13.3. The van der Waals surface area contributed by atoms with E-state index in [1.807, 2.05) is 0 Å². The zero-order valence-electron chi connectivity index (χ0n) is 10.9. The zero-order chi connectivity index (χ0) is 14.3. The van der Waals surface area contributed by atoms with Gasteiger partial charge in [-0.05, 0) is 18.4 Å². The molecule has 1 fully saturated rings. The molecular weight excluding hydrogens is 317 g/mol. The lowest BCUT2D eigenvalue weighted by Crippen LogP contribution is -2.48. The van der Waals surface area contributed by atoms with Gasteiger partial charge in [-0.15, -0.1) is 16.4 Å². The van der Waals surface area contributed by atoms with Gasteiger partial charge in [0.25, 0.3) is 0 Å². The molecule has 0 saturated carbocycles. The number of nitrogens with one attached hydrogen (secondary N) is 1. The number of thiophene rings is 1. The van der Waals surface area contributed by atoms with E-state index >= 15 is 0 Å². The summed E-state index contributed by atoms with van der Waals surface area (Å²) in [6.45, 7) is 3.87. The number of piperidine rings is 1. The van der Waals surface area contributed by atoms with Crippen LogP contribution in [0.15, 0.2) is 6.07 Å². The van der Waals surface area contributed by atoms with Gasteiger partial charge in [-0.25, -0.2) is 0 Å². The molecule has 108 valence electrons. The largest absolute Gasteiger partial charge is 0.338 e. The van der Waals surface area contributed by atoms with Gasteiger partial charge >= 0.3 is 0 Å². The van der Waals surface area contributed by atoms with Crippen LogP contribution in [0.4, 0.5) is 5.95 Å². The van der Waals surface area contributed by atoms with Crippen LogP contribution >= 0.6 is 34.5 Å². The molecule has 0 aromatic carbocycles. The highest BCUT2D eigenvalue weighted by Gasteiger charge is 2.25. The molecule has 0 bridgehead atoms. The van der Waals surface area contributed by atoms with E-state index in [1.165, 1.54) is 11.3 Å². The Bertz CT molecular complexity index is 611. The normalized spacial score (nSPS) is 23.3. The van der Waals surface area contributed by atoms with Crippen molar-refractivity contribution in [1.29, 1.82) is 0 Å². The fourth-order valence-corrected chi connectivity index (χ4v) is 3.76. The number of aromatic nitrogens is 3. The second-order valence-corrected chi connectivity index (χ2v) is 7.38. The molecule has 2 aromatic heterocycles. The third kappa shape index (κ3) is 2.65. The Hall–Kier alpha value is -0.820. The van der Waals surface area contributed by atoms with Crippen molar-refractivity contribution in [3.05, 3.63) is 14.7 Å². The van der Waals surface area contributed by atoms with E-state index in [-0.39, 0.29) is 6.04 Å².